The standard InChI is InChI=1S/C39H74O3Si2/c1-28(18-16-24-38(9,10)40)33-22-23-34-30(19-17-25-39(33,34)11)20-21-31-26-32(41-43(12,13)36(3,4)5)27-35(29(31)2)42-44(14,15)37(6,7)8/h21,28,30,32-35,40H,2,16-20,22-27H2,1,3-15H3/b31-21-/t28-,30-,32-,33-,34+,35+,39-/m1/s1. The Hall–Kier alpha value is -0.206. The zero-order valence-corrected chi connectivity index (χ0v) is 33.8. The van der Waals surface area contributed by atoms with Gasteiger partial charge in [0, 0.05) is 6.42 Å². The van der Waals surface area contributed by atoms with Gasteiger partial charge in [0.25, 0.3) is 0 Å². The molecule has 3 saturated carbocycles. The van der Waals surface area contributed by atoms with E-state index < -0.39 is 22.2 Å². The van der Waals surface area contributed by atoms with E-state index in [4.69, 9.17) is 15.4 Å². The summed E-state index contributed by atoms with van der Waals surface area (Å²) in [5.41, 5.74) is 2.57. The number of aliphatic hydroxyl groups is 1. The van der Waals surface area contributed by atoms with Crippen molar-refractivity contribution in [3.05, 3.63) is 23.8 Å². The summed E-state index contributed by atoms with van der Waals surface area (Å²) in [6, 6.07) is 0. The van der Waals surface area contributed by atoms with Gasteiger partial charge in [-0.2, -0.15) is 0 Å². The van der Waals surface area contributed by atoms with E-state index in [1.807, 2.05) is 13.8 Å². The fourth-order valence-corrected chi connectivity index (χ4v) is 11.2. The molecule has 1 N–H and O–H groups in total. The van der Waals surface area contributed by atoms with Gasteiger partial charge in [0.15, 0.2) is 16.6 Å². The molecule has 0 aromatic heterocycles. The maximum atomic E-state index is 10.2. The van der Waals surface area contributed by atoms with Crippen LogP contribution in [0.4, 0.5) is 0 Å². The molecule has 0 radical (unpaired) electrons. The Morgan fingerprint density at radius 3 is 2.11 bits per heavy atom. The van der Waals surface area contributed by atoms with Crippen LogP contribution in [0.3, 0.4) is 0 Å². The molecular weight excluding hydrogens is 573 g/mol. The van der Waals surface area contributed by atoms with Crippen LogP contribution in [0.2, 0.25) is 36.3 Å². The van der Waals surface area contributed by atoms with Crippen LogP contribution in [0.1, 0.15) is 140 Å². The van der Waals surface area contributed by atoms with Crippen molar-refractivity contribution >= 4 is 16.6 Å². The van der Waals surface area contributed by atoms with Gasteiger partial charge in [0.05, 0.1) is 17.8 Å². The third kappa shape index (κ3) is 9.02. The first-order valence-corrected chi connectivity index (χ1v) is 24.2. The van der Waals surface area contributed by atoms with Gasteiger partial charge in [0.1, 0.15) is 0 Å². The van der Waals surface area contributed by atoms with Gasteiger partial charge in [-0.1, -0.05) is 87.3 Å². The van der Waals surface area contributed by atoms with E-state index in [-0.39, 0.29) is 22.3 Å². The Bertz CT molecular complexity index is 1010. The molecule has 5 heteroatoms. The van der Waals surface area contributed by atoms with Gasteiger partial charge >= 0.3 is 0 Å². The van der Waals surface area contributed by atoms with Crippen molar-refractivity contribution in [3.63, 3.8) is 0 Å². The van der Waals surface area contributed by atoms with Gasteiger partial charge in [-0.25, -0.2) is 0 Å². The highest BCUT2D eigenvalue weighted by molar-refractivity contribution is 6.74. The third-order valence-corrected chi connectivity index (χ3v) is 22.4. The van der Waals surface area contributed by atoms with Crippen LogP contribution in [0.25, 0.3) is 0 Å². The lowest BCUT2D eigenvalue weighted by Crippen LogP contribution is -2.49. The summed E-state index contributed by atoms with van der Waals surface area (Å²) in [4.78, 5) is 0. The van der Waals surface area contributed by atoms with Gasteiger partial charge in [-0.15, -0.1) is 0 Å². The molecule has 3 aliphatic rings. The van der Waals surface area contributed by atoms with Crippen molar-refractivity contribution in [2.24, 2.45) is 29.1 Å². The topological polar surface area (TPSA) is 38.7 Å². The Morgan fingerprint density at radius 1 is 0.955 bits per heavy atom. The van der Waals surface area contributed by atoms with E-state index in [1.54, 1.807) is 0 Å². The zero-order chi connectivity index (χ0) is 33.5. The lowest BCUT2D eigenvalue weighted by molar-refractivity contribution is 0.0259. The van der Waals surface area contributed by atoms with Crippen LogP contribution < -0.4 is 0 Å². The smallest absolute Gasteiger partial charge is 0.192 e. The van der Waals surface area contributed by atoms with Gasteiger partial charge in [-0.3, -0.25) is 0 Å². The summed E-state index contributed by atoms with van der Waals surface area (Å²) in [5, 5.41) is 10.6. The molecule has 3 rings (SSSR count). The first-order chi connectivity index (χ1) is 19.9. The molecular formula is C39H74O3Si2. The number of fused-ring (bicyclic) bond motifs is 1. The fourth-order valence-electron chi connectivity index (χ4n) is 8.55. The monoisotopic (exact) mass is 647 g/mol. The molecule has 7 atom stereocenters. The highest BCUT2D eigenvalue weighted by Gasteiger charge is 2.52. The Labute approximate surface area is 276 Å². The Balaban J connectivity index is 1.79. The zero-order valence-electron chi connectivity index (χ0n) is 31.8. The lowest BCUT2D eigenvalue weighted by atomic mass is 9.58. The molecule has 0 unspecified atom stereocenters. The van der Waals surface area contributed by atoms with E-state index in [9.17, 15) is 5.11 Å². The summed E-state index contributed by atoms with van der Waals surface area (Å²) < 4.78 is 14.2. The normalized spacial score (nSPS) is 32.7. The van der Waals surface area contributed by atoms with Crippen molar-refractivity contribution < 1.29 is 14.0 Å². The molecule has 256 valence electrons. The SMILES string of the molecule is C=C1/C(=C\C[C@H]2CCC[C@]3(C)[C@@H]([C@H](C)CCCC(C)(C)O)CC[C@@H]23)C[C@@H](O[Si](C)(C)C(C)(C)C)C[C@@H]1O[Si](C)(C)C(C)(C)C. The molecule has 3 fully saturated rings. The quantitative estimate of drug-likeness (QED) is 0.227. The van der Waals surface area contributed by atoms with Crippen molar-refractivity contribution in [1.29, 1.82) is 0 Å². The summed E-state index contributed by atoms with van der Waals surface area (Å²) in [6.45, 7) is 37.4. The van der Waals surface area contributed by atoms with E-state index in [1.165, 1.54) is 56.1 Å². The average molecular weight is 647 g/mol. The molecule has 0 amide bonds. The third-order valence-electron chi connectivity index (χ3n) is 13.4. The van der Waals surface area contributed by atoms with E-state index in [0.29, 0.717) is 5.41 Å². The van der Waals surface area contributed by atoms with Crippen LogP contribution in [-0.4, -0.2) is 39.6 Å². The van der Waals surface area contributed by atoms with Crippen LogP contribution in [0.15, 0.2) is 23.8 Å². The summed E-state index contributed by atoms with van der Waals surface area (Å²) >= 11 is 0. The number of hydrogen-bond donors (Lipinski definition) is 1. The van der Waals surface area contributed by atoms with E-state index >= 15 is 0 Å². The second-order valence-electron chi connectivity index (χ2n) is 19.4. The van der Waals surface area contributed by atoms with Crippen LogP contribution >= 0.6 is 0 Å². The predicted octanol–water partition coefficient (Wildman–Crippen LogP) is 11.8. The van der Waals surface area contributed by atoms with Crippen LogP contribution in [-0.2, 0) is 8.85 Å². The number of rotatable bonds is 11. The molecule has 0 bridgehead atoms. The first kappa shape index (κ1) is 38.2. The van der Waals surface area contributed by atoms with E-state index in [2.05, 4.69) is 87.7 Å². The maximum absolute atomic E-state index is 10.2. The lowest BCUT2D eigenvalue weighted by Gasteiger charge is -2.47. The Morgan fingerprint density at radius 2 is 1.55 bits per heavy atom. The van der Waals surface area contributed by atoms with Crippen molar-refractivity contribution in [1.82, 2.24) is 0 Å². The summed E-state index contributed by atoms with van der Waals surface area (Å²) in [5.74, 6) is 3.15. The van der Waals surface area contributed by atoms with Crippen molar-refractivity contribution in [2.45, 2.75) is 194 Å². The molecule has 3 aliphatic carbocycles. The minimum atomic E-state index is -1.96. The first-order valence-electron chi connectivity index (χ1n) is 18.3. The highest BCUT2D eigenvalue weighted by atomic mass is 28.4. The molecule has 3 nitrogen and oxygen atoms in total. The number of hydrogen-bond acceptors (Lipinski definition) is 3. The van der Waals surface area contributed by atoms with Crippen molar-refractivity contribution in [2.75, 3.05) is 0 Å². The molecule has 0 aromatic rings. The molecule has 44 heavy (non-hydrogen) atoms. The van der Waals surface area contributed by atoms with Gasteiger partial charge in [0.2, 0.25) is 0 Å². The molecule has 0 heterocycles. The Kier molecular flexibility index (Phi) is 11.9. The van der Waals surface area contributed by atoms with Crippen LogP contribution in [0.5, 0.6) is 0 Å². The second kappa shape index (κ2) is 13.7. The summed E-state index contributed by atoms with van der Waals surface area (Å²) in [7, 11) is -3.86. The second-order valence-corrected chi connectivity index (χ2v) is 28.9. The van der Waals surface area contributed by atoms with Crippen LogP contribution in [0, 0.1) is 29.1 Å². The van der Waals surface area contributed by atoms with Crippen molar-refractivity contribution in [3.8, 4) is 0 Å². The van der Waals surface area contributed by atoms with Gasteiger partial charge < -0.3 is 14.0 Å². The minimum Gasteiger partial charge on any atom is -0.413 e. The molecule has 0 spiro atoms. The maximum Gasteiger partial charge on any atom is 0.192 e. The van der Waals surface area contributed by atoms with Gasteiger partial charge in [-0.05, 0) is 135 Å². The molecule has 0 aromatic carbocycles. The average Bonchev–Trinajstić information content (AvgIpc) is 3.20. The summed E-state index contributed by atoms with van der Waals surface area (Å²) in [6.07, 6.45) is 16.1. The molecule has 0 aliphatic heterocycles. The predicted molar refractivity (Wildman–Crippen MR) is 196 cm³/mol. The van der Waals surface area contributed by atoms with E-state index in [0.717, 1.165) is 49.4 Å². The highest BCUT2D eigenvalue weighted by Crippen LogP contribution is 2.61. The number of allylic oxidation sites excluding steroid dienone is 1. The minimum absolute atomic E-state index is 0.0582. The molecule has 0 saturated heterocycles. The largest absolute Gasteiger partial charge is 0.413 e. The fraction of sp³-hybridized carbons (Fsp3) is 0.897.